The topological polar surface area (TPSA) is 32.3 Å². The van der Waals surface area contributed by atoms with Crippen LogP contribution in [0.2, 0.25) is 0 Å². The standard InChI is InChI=1S/C20H27FN2O/c21-17-5-3-15(4-6-17)13-23(12-14-1-2-14)20(24)11-16-9-18-7-8-19(10-16)22-18/h3-6,14,16,18-19,22H,1-2,7-13H2. The average molecular weight is 330 g/mol. The molecule has 2 unspecified atom stereocenters. The molecule has 1 aromatic carbocycles. The van der Waals surface area contributed by atoms with E-state index in [4.69, 9.17) is 0 Å². The molecule has 3 nitrogen and oxygen atoms in total. The van der Waals surface area contributed by atoms with Crippen LogP contribution in [-0.2, 0) is 11.3 Å². The SMILES string of the molecule is O=C(CC1CC2CCC(C1)N2)N(Cc1ccc(F)cc1)CC1CC1. The molecule has 2 aliphatic heterocycles. The molecule has 0 aromatic heterocycles. The lowest BCUT2D eigenvalue weighted by Gasteiger charge is -2.31. The Morgan fingerprint density at radius 1 is 1.04 bits per heavy atom. The molecule has 1 amide bonds. The first kappa shape index (κ1) is 16.1. The summed E-state index contributed by atoms with van der Waals surface area (Å²) in [6, 6.07) is 7.84. The second-order valence-corrected chi connectivity index (χ2v) is 8.02. The smallest absolute Gasteiger partial charge is 0.223 e. The minimum atomic E-state index is -0.219. The molecule has 2 heterocycles. The molecule has 130 valence electrons. The number of nitrogens with zero attached hydrogens (tertiary/aromatic N) is 1. The van der Waals surface area contributed by atoms with Crippen molar-refractivity contribution in [3.8, 4) is 0 Å². The van der Waals surface area contributed by atoms with Gasteiger partial charge in [0.2, 0.25) is 5.91 Å². The molecule has 0 spiro atoms. The quantitative estimate of drug-likeness (QED) is 0.866. The molecular weight excluding hydrogens is 303 g/mol. The van der Waals surface area contributed by atoms with Crippen molar-refractivity contribution in [3.63, 3.8) is 0 Å². The Labute approximate surface area is 143 Å². The number of halogens is 1. The van der Waals surface area contributed by atoms with Gasteiger partial charge in [0.25, 0.3) is 0 Å². The van der Waals surface area contributed by atoms with Crippen LogP contribution in [0.1, 0.15) is 50.5 Å². The fourth-order valence-corrected chi connectivity index (χ4v) is 4.39. The third kappa shape index (κ3) is 3.97. The van der Waals surface area contributed by atoms with Crippen LogP contribution in [0.15, 0.2) is 24.3 Å². The summed E-state index contributed by atoms with van der Waals surface area (Å²) in [7, 11) is 0. The molecule has 4 rings (SSSR count). The van der Waals surface area contributed by atoms with Gasteiger partial charge in [-0.3, -0.25) is 4.79 Å². The van der Waals surface area contributed by atoms with Crippen molar-refractivity contribution >= 4 is 5.91 Å². The summed E-state index contributed by atoms with van der Waals surface area (Å²) in [6.45, 7) is 1.49. The van der Waals surface area contributed by atoms with Gasteiger partial charge in [0.1, 0.15) is 5.82 Å². The zero-order valence-electron chi connectivity index (χ0n) is 14.2. The predicted octanol–water partition coefficient (Wildman–Crippen LogP) is 3.49. The van der Waals surface area contributed by atoms with Crippen molar-refractivity contribution in [1.82, 2.24) is 10.2 Å². The van der Waals surface area contributed by atoms with E-state index in [0.29, 0.717) is 36.9 Å². The van der Waals surface area contributed by atoms with Gasteiger partial charge in [-0.25, -0.2) is 4.39 Å². The molecule has 2 saturated heterocycles. The van der Waals surface area contributed by atoms with Crippen molar-refractivity contribution in [2.45, 2.75) is 63.6 Å². The first-order chi connectivity index (χ1) is 11.7. The van der Waals surface area contributed by atoms with Crippen LogP contribution in [0.5, 0.6) is 0 Å². The normalized spacial score (nSPS) is 28.8. The molecule has 3 fully saturated rings. The van der Waals surface area contributed by atoms with E-state index in [1.165, 1.54) is 37.8 Å². The van der Waals surface area contributed by atoms with E-state index in [-0.39, 0.29) is 11.7 Å². The van der Waals surface area contributed by atoms with E-state index in [0.717, 1.165) is 24.9 Å². The van der Waals surface area contributed by atoms with Gasteiger partial charge in [-0.2, -0.15) is 0 Å². The second kappa shape index (κ2) is 6.83. The Kier molecular flexibility index (Phi) is 4.57. The molecule has 1 saturated carbocycles. The van der Waals surface area contributed by atoms with Gasteiger partial charge in [-0.15, -0.1) is 0 Å². The molecule has 1 aromatic rings. The average Bonchev–Trinajstić information content (AvgIpc) is 3.32. The molecule has 4 heteroatoms. The third-order valence-electron chi connectivity index (χ3n) is 5.85. The van der Waals surface area contributed by atoms with E-state index in [1.807, 2.05) is 4.90 Å². The lowest BCUT2D eigenvalue weighted by molar-refractivity contribution is -0.133. The van der Waals surface area contributed by atoms with E-state index in [1.54, 1.807) is 12.1 Å². The summed E-state index contributed by atoms with van der Waals surface area (Å²) < 4.78 is 13.1. The van der Waals surface area contributed by atoms with Crippen molar-refractivity contribution in [2.75, 3.05) is 6.54 Å². The number of amides is 1. The predicted molar refractivity (Wildman–Crippen MR) is 91.8 cm³/mol. The highest BCUT2D eigenvalue weighted by atomic mass is 19.1. The number of benzene rings is 1. The zero-order valence-corrected chi connectivity index (χ0v) is 14.2. The van der Waals surface area contributed by atoms with Crippen molar-refractivity contribution < 1.29 is 9.18 Å². The van der Waals surface area contributed by atoms with Gasteiger partial charge in [-0.05, 0) is 68.1 Å². The Hall–Kier alpha value is -1.42. The summed E-state index contributed by atoms with van der Waals surface area (Å²) in [6.07, 6.45) is 8.01. The summed E-state index contributed by atoms with van der Waals surface area (Å²) in [5.74, 6) is 1.28. The fraction of sp³-hybridized carbons (Fsp3) is 0.650. The maximum absolute atomic E-state index is 13.1. The highest BCUT2D eigenvalue weighted by Crippen LogP contribution is 2.34. The van der Waals surface area contributed by atoms with E-state index in [2.05, 4.69) is 5.32 Å². The Balaban J connectivity index is 1.38. The lowest BCUT2D eigenvalue weighted by atomic mass is 9.89. The van der Waals surface area contributed by atoms with Crippen molar-refractivity contribution in [3.05, 3.63) is 35.6 Å². The maximum Gasteiger partial charge on any atom is 0.223 e. The first-order valence-corrected chi connectivity index (χ1v) is 9.44. The van der Waals surface area contributed by atoms with Crippen molar-refractivity contribution in [1.29, 1.82) is 0 Å². The first-order valence-electron chi connectivity index (χ1n) is 9.44. The molecule has 1 N–H and O–H groups in total. The zero-order chi connectivity index (χ0) is 16.5. The largest absolute Gasteiger partial charge is 0.338 e. The van der Waals surface area contributed by atoms with Crippen molar-refractivity contribution in [2.24, 2.45) is 11.8 Å². The molecular formula is C20H27FN2O. The molecule has 24 heavy (non-hydrogen) atoms. The second-order valence-electron chi connectivity index (χ2n) is 8.02. The summed E-state index contributed by atoms with van der Waals surface area (Å²) in [5.41, 5.74) is 1.02. The highest BCUT2D eigenvalue weighted by Gasteiger charge is 2.35. The number of nitrogens with one attached hydrogen (secondary N) is 1. The Bertz CT molecular complexity index is 572. The highest BCUT2D eigenvalue weighted by molar-refractivity contribution is 5.76. The number of rotatable bonds is 6. The number of hydrogen-bond acceptors (Lipinski definition) is 2. The number of fused-ring (bicyclic) bond motifs is 2. The Morgan fingerprint density at radius 3 is 2.33 bits per heavy atom. The van der Waals surface area contributed by atoms with Gasteiger partial charge < -0.3 is 10.2 Å². The van der Waals surface area contributed by atoms with Crippen LogP contribution in [0.25, 0.3) is 0 Å². The minimum Gasteiger partial charge on any atom is -0.338 e. The molecule has 1 aliphatic carbocycles. The van der Waals surface area contributed by atoms with E-state index < -0.39 is 0 Å². The van der Waals surface area contributed by atoms with Gasteiger partial charge in [0.15, 0.2) is 0 Å². The number of carbonyl (C=O) groups is 1. The molecule has 2 atom stereocenters. The summed E-state index contributed by atoms with van der Waals surface area (Å²) in [5, 5.41) is 3.65. The summed E-state index contributed by atoms with van der Waals surface area (Å²) >= 11 is 0. The fourth-order valence-electron chi connectivity index (χ4n) is 4.39. The molecule has 0 radical (unpaired) electrons. The lowest BCUT2D eigenvalue weighted by Crippen LogP contribution is -2.40. The number of carbonyl (C=O) groups excluding carboxylic acids is 1. The van der Waals surface area contributed by atoms with Gasteiger partial charge in [-0.1, -0.05) is 12.1 Å². The van der Waals surface area contributed by atoms with Crippen LogP contribution in [0, 0.1) is 17.7 Å². The third-order valence-corrected chi connectivity index (χ3v) is 5.85. The Morgan fingerprint density at radius 2 is 1.71 bits per heavy atom. The van der Waals surface area contributed by atoms with Crippen LogP contribution in [0.3, 0.4) is 0 Å². The maximum atomic E-state index is 13.1. The van der Waals surface area contributed by atoms with Gasteiger partial charge in [0.05, 0.1) is 0 Å². The number of hydrogen-bond donors (Lipinski definition) is 1. The molecule has 3 aliphatic rings. The minimum absolute atomic E-state index is 0.219. The summed E-state index contributed by atoms with van der Waals surface area (Å²) in [4.78, 5) is 14.9. The van der Waals surface area contributed by atoms with E-state index in [9.17, 15) is 9.18 Å². The van der Waals surface area contributed by atoms with Crippen LogP contribution >= 0.6 is 0 Å². The van der Waals surface area contributed by atoms with E-state index >= 15 is 0 Å². The molecule has 2 bridgehead atoms. The van der Waals surface area contributed by atoms with Gasteiger partial charge in [0, 0.05) is 31.6 Å². The van der Waals surface area contributed by atoms with Crippen LogP contribution < -0.4 is 5.32 Å². The monoisotopic (exact) mass is 330 g/mol. The number of piperidine rings is 1. The van der Waals surface area contributed by atoms with Gasteiger partial charge >= 0.3 is 0 Å². The van der Waals surface area contributed by atoms with Crippen LogP contribution in [0.4, 0.5) is 4.39 Å². The van der Waals surface area contributed by atoms with Crippen LogP contribution in [-0.4, -0.2) is 29.4 Å².